The predicted molar refractivity (Wildman–Crippen MR) is 101 cm³/mol. The highest BCUT2D eigenvalue weighted by atomic mass is 16.5. The quantitative estimate of drug-likeness (QED) is 0.687. The second-order valence-corrected chi connectivity index (χ2v) is 5.94. The van der Waals surface area contributed by atoms with Gasteiger partial charge in [-0.2, -0.15) is 0 Å². The van der Waals surface area contributed by atoms with Crippen LogP contribution in [0.25, 0.3) is 22.0 Å². The normalized spacial score (nSPS) is 10.6. The van der Waals surface area contributed by atoms with E-state index in [1.54, 1.807) is 18.2 Å². The van der Waals surface area contributed by atoms with Crippen molar-refractivity contribution in [1.82, 2.24) is 9.88 Å². The van der Waals surface area contributed by atoms with Crippen molar-refractivity contribution < 1.29 is 19.4 Å². The molecule has 2 N–H and O–H groups in total. The van der Waals surface area contributed by atoms with Gasteiger partial charge in [-0.05, 0) is 23.3 Å². The number of carbonyl (C=O) groups is 2. The Hall–Kier alpha value is -3.61. The number of pyridine rings is 1. The number of ether oxygens (including phenoxy) is 1. The Morgan fingerprint density at radius 3 is 2.48 bits per heavy atom. The number of benzene rings is 2. The largest absolute Gasteiger partial charge is 0.506 e. The van der Waals surface area contributed by atoms with Crippen LogP contribution >= 0.6 is 0 Å². The lowest BCUT2D eigenvalue weighted by molar-refractivity contribution is -0.139. The van der Waals surface area contributed by atoms with Crippen LogP contribution in [-0.2, 0) is 16.6 Å². The number of hydrogen-bond acceptors (Lipinski definition) is 5. The molecule has 27 heavy (non-hydrogen) atoms. The molecule has 138 valence electrons. The number of fused-ring (bicyclic) bond motifs is 1. The molecule has 0 aliphatic heterocycles. The lowest BCUT2D eigenvalue weighted by Gasteiger charge is -2.13. The van der Waals surface area contributed by atoms with Crippen LogP contribution < -0.4 is 10.9 Å². The average molecular weight is 366 g/mol. The van der Waals surface area contributed by atoms with Gasteiger partial charge in [0.2, 0.25) is 0 Å². The Bertz CT molecular complexity index is 1090. The van der Waals surface area contributed by atoms with Gasteiger partial charge in [-0.1, -0.05) is 36.4 Å². The molecule has 3 rings (SSSR count). The molecule has 1 aromatic heterocycles. The minimum atomic E-state index is -0.840. The van der Waals surface area contributed by atoms with E-state index in [9.17, 15) is 19.5 Å². The fraction of sp³-hybridized carbons (Fsp3) is 0.150. The van der Waals surface area contributed by atoms with Crippen LogP contribution in [-0.4, -0.2) is 35.2 Å². The first kappa shape index (κ1) is 18.2. The molecule has 2 aromatic carbocycles. The van der Waals surface area contributed by atoms with Gasteiger partial charge in [0.1, 0.15) is 17.9 Å². The van der Waals surface area contributed by atoms with E-state index in [0.29, 0.717) is 10.9 Å². The zero-order chi connectivity index (χ0) is 19.6. The summed E-state index contributed by atoms with van der Waals surface area (Å²) in [4.78, 5) is 36.1. The fourth-order valence-electron chi connectivity index (χ4n) is 2.85. The molecule has 7 heteroatoms. The number of nitrogens with zero attached hydrogens (tertiary/aromatic N) is 1. The summed E-state index contributed by atoms with van der Waals surface area (Å²) < 4.78 is 5.75. The minimum absolute atomic E-state index is 0.361. The maximum atomic E-state index is 12.6. The average Bonchev–Trinajstić information content (AvgIpc) is 2.70. The van der Waals surface area contributed by atoms with Gasteiger partial charge in [-0.25, -0.2) is 0 Å². The van der Waals surface area contributed by atoms with Gasteiger partial charge in [0.05, 0.1) is 12.6 Å². The number of nitrogens with one attached hydrogen (secondary N) is 1. The lowest BCUT2D eigenvalue weighted by atomic mass is 10.0. The van der Waals surface area contributed by atoms with Crippen LogP contribution in [0, 0.1) is 0 Å². The number of aromatic hydroxyl groups is 1. The number of aromatic nitrogens is 1. The van der Waals surface area contributed by atoms with E-state index in [0.717, 1.165) is 11.1 Å². The van der Waals surface area contributed by atoms with Crippen LogP contribution in [0.15, 0.2) is 53.3 Å². The molecule has 7 nitrogen and oxygen atoms in total. The number of carbonyl (C=O) groups excluding carboxylic acids is 2. The molecule has 0 aliphatic carbocycles. The summed E-state index contributed by atoms with van der Waals surface area (Å²) in [5, 5.41) is 13.2. The Morgan fingerprint density at radius 1 is 1.11 bits per heavy atom. The minimum Gasteiger partial charge on any atom is -0.506 e. The van der Waals surface area contributed by atoms with Crippen molar-refractivity contribution in [3.8, 4) is 16.9 Å². The van der Waals surface area contributed by atoms with E-state index in [2.05, 4.69) is 10.1 Å². The molecular formula is C20H18N2O5. The molecule has 1 amide bonds. The van der Waals surface area contributed by atoms with E-state index in [1.807, 2.05) is 30.3 Å². The molecule has 1 heterocycles. The van der Waals surface area contributed by atoms with E-state index in [4.69, 9.17) is 0 Å². The van der Waals surface area contributed by atoms with Crippen LogP contribution in [0.5, 0.6) is 5.75 Å². The summed E-state index contributed by atoms with van der Waals surface area (Å²) in [6.45, 7) is -0.400. The first-order valence-corrected chi connectivity index (χ1v) is 8.20. The predicted octanol–water partition coefficient (Wildman–Crippen LogP) is 1.81. The van der Waals surface area contributed by atoms with Crippen molar-refractivity contribution in [3.63, 3.8) is 0 Å². The molecule has 0 atom stereocenters. The van der Waals surface area contributed by atoms with Gasteiger partial charge in [-0.3, -0.25) is 14.4 Å². The number of amides is 1. The van der Waals surface area contributed by atoms with Crippen molar-refractivity contribution in [1.29, 1.82) is 0 Å². The van der Waals surface area contributed by atoms with Gasteiger partial charge in [-0.15, -0.1) is 0 Å². The SMILES string of the molecule is COC(=O)CNC(=O)c1c(O)c2ccc(-c3ccccc3)cc2n(C)c1=O. The van der Waals surface area contributed by atoms with E-state index < -0.39 is 35.3 Å². The van der Waals surface area contributed by atoms with E-state index >= 15 is 0 Å². The van der Waals surface area contributed by atoms with Crippen molar-refractivity contribution >= 4 is 22.8 Å². The van der Waals surface area contributed by atoms with Crippen molar-refractivity contribution in [2.75, 3.05) is 13.7 Å². The zero-order valence-electron chi connectivity index (χ0n) is 14.9. The van der Waals surface area contributed by atoms with E-state index in [1.165, 1.54) is 18.7 Å². The standard InChI is InChI=1S/C20H18N2O5/c1-22-15-10-13(12-6-4-3-5-7-12)8-9-14(15)18(24)17(20(22)26)19(25)21-11-16(23)27-2/h3-10,24H,11H2,1-2H3,(H,21,25). The summed E-state index contributed by atoms with van der Waals surface area (Å²) in [5.74, 6) is -1.92. The Morgan fingerprint density at radius 2 is 1.81 bits per heavy atom. The zero-order valence-corrected chi connectivity index (χ0v) is 14.9. The van der Waals surface area contributed by atoms with Gasteiger partial charge in [0.25, 0.3) is 11.5 Å². The summed E-state index contributed by atoms with van der Waals surface area (Å²) >= 11 is 0. The number of hydrogen-bond donors (Lipinski definition) is 2. The monoisotopic (exact) mass is 366 g/mol. The van der Waals surface area contributed by atoms with Crippen LogP contribution in [0.3, 0.4) is 0 Å². The van der Waals surface area contributed by atoms with Crippen molar-refractivity contribution in [2.45, 2.75) is 0 Å². The molecule has 0 unspecified atom stereocenters. The molecule has 0 saturated heterocycles. The molecule has 0 bridgehead atoms. The first-order valence-electron chi connectivity index (χ1n) is 8.20. The highest BCUT2D eigenvalue weighted by Crippen LogP contribution is 2.30. The van der Waals surface area contributed by atoms with Crippen LogP contribution in [0.2, 0.25) is 0 Å². The molecule has 0 spiro atoms. The summed E-state index contributed by atoms with van der Waals surface area (Å²) in [5.41, 5.74) is 1.25. The second-order valence-electron chi connectivity index (χ2n) is 5.94. The summed E-state index contributed by atoms with van der Waals surface area (Å²) in [6.07, 6.45) is 0. The van der Waals surface area contributed by atoms with Gasteiger partial charge >= 0.3 is 5.97 Å². The molecule has 0 radical (unpaired) electrons. The highest BCUT2D eigenvalue weighted by Gasteiger charge is 2.22. The third-order valence-electron chi connectivity index (χ3n) is 4.32. The molecule has 0 saturated carbocycles. The van der Waals surface area contributed by atoms with Crippen LogP contribution in [0.4, 0.5) is 0 Å². The second kappa shape index (κ2) is 7.33. The Kier molecular flexibility index (Phi) is 4.94. The third kappa shape index (κ3) is 3.39. The highest BCUT2D eigenvalue weighted by molar-refractivity contribution is 6.03. The van der Waals surface area contributed by atoms with Gasteiger partial charge < -0.3 is 19.7 Å². The third-order valence-corrected chi connectivity index (χ3v) is 4.32. The topological polar surface area (TPSA) is 97.6 Å². The van der Waals surface area contributed by atoms with E-state index in [-0.39, 0.29) is 0 Å². The van der Waals surface area contributed by atoms with Crippen molar-refractivity contribution in [2.24, 2.45) is 7.05 Å². The summed E-state index contributed by atoms with van der Waals surface area (Å²) in [7, 11) is 2.71. The van der Waals surface area contributed by atoms with Gasteiger partial charge in [0.15, 0.2) is 0 Å². The summed E-state index contributed by atoms with van der Waals surface area (Å²) in [6, 6.07) is 14.8. The molecule has 0 aliphatic rings. The maximum absolute atomic E-state index is 12.6. The van der Waals surface area contributed by atoms with Crippen molar-refractivity contribution in [3.05, 3.63) is 64.4 Å². The molecule has 0 fully saturated rings. The number of esters is 1. The number of rotatable bonds is 4. The first-order chi connectivity index (χ1) is 12.9. The Balaban J connectivity index is 2.10. The van der Waals surface area contributed by atoms with Crippen LogP contribution in [0.1, 0.15) is 10.4 Å². The molecule has 3 aromatic rings. The van der Waals surface area contributed by atoms with Gasteiger partial charge in [0, 0.05) is 12.4 Å². The Labute approximate surface area is 154 Å². The smallest absolute Gasteiger partial charge is 0.325 e. The molecular weight excluding hydrogens is 348 g/mol. The number of methoxy groups -OCH3 is 1. The maximum Gasteiger partial charge on any atom is 0.325 e. The fourth-order valence-corrected chi connectivity index (χ4v) is 2.85. The number of aryl methyl sites for hydroxylation is 1. The lowest BCUT2D eigenvalue weighted by Crippen LogP contribution is -2.35.